The van der Waals surface area contributed by atoms with Crippen LogP contribution >= 0.6 is 0 Å². The first-order valence-electron chi connectivity index (χ1n) is 8.24. The summed E-state index contributed by atoms with van der Waals surface area (Å²) >= 11 is 0. The zero-order chi connectivity index (χ0) is 19.6. The average molecular weight is 367 g/mol. The van der Waals surface area contributed by atoms with Crippen LogP contribution in [0.1, 0.15) is 19.4 Å². The van der Waals surface area contributed by atoms with Crippen LogP contribution in [0.4, 0.5) is 11.4 Å². The van der Waals surface area contributed by atoms with Crippen LogP contribution in [0.25, 0.3) is 6.08 Å². The Kier molecular flexibility index (Phi) is 4.89. The lowest BCUT2D eigenvalue weighted by atomic mass is 10.1. The molecule has 0 aromatic heterocycles. The Morgan fingerprint density at radius 3 is 2.48 bits per heavy atom. The number of nitro groups is 1. The molecule has 2 amide bonds. The number of anilines is 1. The molecule has 8 nitrogen and oxygen atoms in total. The number of benzene rings is 2. The maximum Gasteiger partial charge on any atom is 0.311 e. The molecule has 0 bridgehead atoms. The van der Waals surface area contributed by atoms with Crippen LogP contribution in [-0.2, 0) is 9.59 Å². The van der Waals surface area contributed by atoms with Gasteiger partial charge in [-0.1, -0.05) is 24.3 Å². The summed E-state index contributed by atoms with van der Waals surface area (Å²) < 4.78 is 5.43. The van der Waals surface area contributed by atoms with E-state index < -0.39 is 16.7 Å². The molecule has 3 rings (SSSR count). The van der Waals surface area contributed by atoms with E-state index in [1.165, 1.54) is 18.2 Å². The molecule has 138 valence electrons. The van der Waals surface area contributed by atoms with Crippen LogP contribution < -0.4 is 15.2 Å². The number of rotatable bonds is 5. The Morgan fingerprint density at radius 2 is 1.85 bits per heavy atom. The lowest BCUT2D eigenvalue weighted by Crippen LogP contribution is -2.35. The zero-order valence-electron chi connectivity index (χ0n) is 14.7. The fourth-order valence-corrected chi connectivity index (χ4v) is 2.60. The molecule has 1 fully saturated rings. The largest absolute Gasteiger partial charge is 0.484 e. The normalized spacial score (nSPS) is 15.4. The van der Waals surface area contributed by atoms with Crippen molar-refractivity contribution in [2.24, 2.45) is 0 Å². The minimum atomic E-state index is -0.575. The Labute approximate surface area is 155 Å². The quantitative estimate of drug-likeness (QED) is 0.379. The van der Waals surface area contributed by atoms with Gasteiger partial charge in [0.1, 0.15) is 5.57 Å². The highest BCUT2D eigenvalue weighted by molar-refractivity contribution is 6.31. The number of ether oxygens (including phenoxy) is 1. The first kappa shape index (κ1) is 18.1. The maximum absolute atomic E-state index is 12.6. The maximum atomic E-state index is 12.6. The second kappa shape index (κ2) is 7.28. The van der Waals surface area contributed by atoms with Crippen molar-refractivity contribution in [3.63, 3.8) is 0 Å². The van der Waals surface area contributed by atoms with Gasteiger partial charge in [0.15, 0.2) is 5.75 Å². The number of nitrogens with zero attached hydrogens (tertiary/aromatic N) is 2. The lowest BCUT2D eigenvalue weighted by Gasteiger charge is -2.13. The molecular formula is C19H17N3O5. The molecule has 27 heavy (non-hydrogen) atoms. The molecule has 0 radical (unpaired) electrons. The van der Waals surface area contributed by atoms with E-state index in [2.05, 4.69) is 5.43 Å². The second-order valence-corrected chi connectivity index (χ2v) is 6.13. The van der Waals surface area contributed by atoms with Gasteiger partial charge in [-0.15, -0.1) is 0 Å². The summed E-state index contributed by atoms with van der Waals surface area (Å²) in [7, 11) is 0. The van der Waals surface area contributed by atoms with Crippen molar-refractivity contribution in [2.45, 2.75) is 20.0 Å². The zero-order valence-corrected chi connectivity index (χ0v) is 14.7. The van der Waals surface area contributed by atoms with Crippen LogP contribution in [0, 0.1) is 10.1 Å². The Morgan fingerprint density at radius 1 is 1.15 bits per heavy atom. The van der Waals surface area contributed by atoms with Crippen molar-refractivity contribution in [3.8, 4) is 5.75 Å². The standard InChI is InChI=1S/C19H17N3O5/c1-12(2)27-17-9-8-13(11-16(17)22(25)26)10-15-18(23)20-21(19(15)24)14-6-4-3-5-7-14/h3-12H,1-2H3,(H,20,23). The molecular weight excluding hydrogens is 350 g/mol. The number of amides is 2. The third-order valence-corrected chi connectivity index (χ3v) is 3.76. The molecule has 0 aliphatic carbocycles. The predicted molar refractivity (Wildman–Crippen MR) is 98.9 cm³/mol. The van der Waals surface area contributed by atoms with Crippen molar-refractivity contribution >= 4 is 29.3 Å². The van der Waals surface area contributed by atoms with Gasteiger partial charge in [-0.3, -0.25) is 25.1 Å². The number of nitrogens with one attached hydrogen (secondary N) is 1. The van der Waals surface area contributed by atoms with E-state index in [9.17, 15) is 19.7 Å². The second-order valence-electron chi connectivity index (χ2n) is 6.13. The van der Waals surface area contributed by atoms with Gasteiger partial charge in [0.2, 0.25) is 0 Å². The molecule has 2 aromatic rings. The third-order valence-electron chi connectivity index (χ3n) is 3.76. The van der Waals surface area contributed by atoms with Gasteiger partial charge in [-0.25, -0.2) is 5.01 Å². The van der Waals surface area contributed by atoms with Gasteiger partial charge in [0, 0.05) is 6.07 Å². The van der Waals surface area contributed by atoms with Crippen LogP contribution in [0.2, 0.25) is 0 Å². The molecule has 1 aliphatic rings. The highest BCUT2D eigenvalue weighted by atomic mass is 16.6. The van der Waals surface area contributed by atoms with Crippen LogP contribution in [-0.4, -0.2) is 22.8 Å². The minimum absolute atomic E-state index is 0.106. The van der Waals surface area contributed by atoms with Crippen molar-refractivity contribution in [3.05, 3.63) is 69.8 Å². The van der Waals surface area contributed by atoms with E-state index in [-0.39, 0.29) is 23.1 Å². The predicted octanol–water partition coefficient (Wildman–Crippen LogP) is 2.84. The number of hydrogen-bond donors (Lipinski definition) is 1. The first-order valence-corrected chi connectivity index (χ1v) is 8.24. The fourth-order valence-electron chi connectivity index (χ4n) is 2.60. The summed E-state index contributed by atoms with van der Waals surface area (Å²) in [5.74, 6) is -0.976. The van der Waals surface area contributed by atoms with Crippen molar-refractivity contribution in [1.29, 1.82) is 0 Å². The molecule has 1 N–H and O–H groups in total. The topological polar surface area (TPSA) is 102 Å². The summed E-state index contributed by atoms with van der Waals surface area (Å²) in [6.45, 7) is 3.53. The smallest absolute Gasteiger partial charge is 0.311 e. The molecule has 1 saturated heterocycles. The number of hydrazine groups is 1. The van der Waals surface area contributed by atoms with E-state index >= 15 is 0 Å². The summed E-state index contributed by atoms with van der Waals surface area (Å²) in [6.07, 6.45) is 1.10. The summed E-state index contributed by atoms with van der Waals surface area (Å²) in [5.41, 5.74) is 3.02. The van der Waals surface area contributed by atoms with Crippen LogP contribution in [0.3, 0.4) is 0 Å². The van der Waals surface area contributed by atoms with Crippen LogP contribution in [0.5, 0.6) is 5.75 Å². The van der Waals surface area contributed by atoms with Gasteiger partial charge < -0.3 is 4.74 Å². The van der Waals surface area contributed by atoms with E-state index in [0.717, 1.165) is 5.01 Å². The fraction of sp³-hybridized carbons (Fsp3) is 0.158. The Hall–Kier alpha value is -3.68. The number of carbonyl (C=O) groups is 2. The van der Waals surface area contributed by atoms with Crippen molar-refractivity contribution in [2.75, 3.05) is 5.01 Å². The molecule has 2 aromatic carbocycles. The van der Waals surface area contributed by atoms with Crippen molar-refractivity contribution in [1.82, 2.24) is 5.43 Å². The SMILES string of the molecule is CC(C)Oc1ccc(C=C2C(=O)NN(c3ccccc3)C2=O)cc1[N+](=O)[O-]. The highest BCUT2D eigenvalue weighted by Crippen LogP contribution is 2.30. The first-order chi connectivity index (χ1) is 12.9. The molecule has 0 unspecified atom stereocenters. The number of hydrogen-bond acceptors (Lipinski definition) is 5. The number of nitro benzene ring substituents is 1. The molecule has 8 heteroatoms. The number of para-hydroxylation sites is 1. The van der Waals surface area contributed by atoms with Gasteiger partial charge in [-0.2, -0.15) is 0 Å². The summed E-state index contributed by atoms with van der Waals surface area (Å²) in [4.78, 5) is 35.5. The van der Waals surface area contributed by atoms with Gasteiger partial charge in [-0.05, 0) is 43.7 Å². The van der Waals surface area contributed by atoms with Gasteiger partial charge in [0.05, 0.1) is 16.7 Å². The average Bonchev–Trinajstić information content (AvgIpc) is 2.91. The third kappa shape index (κ3) is 3.79. The van der Waals surface area contributed by atoms with E-state index in [4.69, 9.17) is 4.74 Å². The Bertz CT molecular complexity index is 938. The minimum Gasteiger partial charge on any atom is -0.484 e. The molecule has 0 saturated carbocycles. The molecule has 0 spiro atoms. The monoisotopic (exact) mass is 367 g/mol. The van der Waals surface area contributed by atoms with Gasteiger partial charge >= 0.3 is 5.69 Å². The van der Waals surface area contributed by atoms with E-state index in [1.807, 2.05) is 0 Å². The van der Waals surface area contributed by atoms with Gasteiger partial charge in [0.25, 0.3) is 11.8 Å². The Balaban J connectivity index is 1.94. The lowest BCUT2D eigenvalue weighted by molar-refractivity contribution is -0.386. The van der Waals surface area contributed by atoms with Crippen molar-refractivity contribution < 1.29 is 19.2 Å². The van der Waals surface area contributed by atoms with E-state index in [1.54, 1.807) is 50.2 Å². The summed E-state index contributed by atoms with van der Waals surface area (Å²) in [5, 5.41) is 12.4. The molecule has 1 heterocycles. The molecule has 1 aliphatic heterocycles. The van der Waals surface area contributed by atoms with Crippen LogP contribution in [0.15, 0.2) is 54.1 Å². The highest BCUT2D eigenvalue weighted by Gasteiger charge is 2.34. The van der Waals surface area contributed by atoms with E-state index in [0.29, 0.717) is 11.3 Å². The molecule has 0 atom stereocenters. The summed E-state index contributed by atoms with van der Waals surface area (Å²) in [6, 6.07) is 12.9. The number of carbonyl (C=O) groups excluding carboxylic acids is 2.